The number of anilines is 1. The first-order chi connectivity index (χ1) is 15.2. The smallest absolute Gasteiger partial charge is 0.235 e. The molecule has 5 rings (SSSR count). The molecule has 1 unspecified atom stereocenters. The monoisotopic (exact) mass is 418 g/mol. The average molecular weight is 419 g/mol. The van der Waals surface area contributed by atoms with Crippen LogP contribution in [0.25, 0.3) is 0 Å². The van der Waals surface area contributed by atoms with Crippen LogP contribution in [0, 0.1) is 0 Å². The number of nitrogens with one attached hydrogen (secondary N) is 2. The first kappa shape index (κ1) is 19.8. The number of aliphatic hydroxyl groups excluding tert-OH is 1. The minimum atomic E-state index is -0.486. The largest absolute Gasteiger partial charge is 0.387 e. The Kier molecular flexibility index (Phi) is 5.48. The van der Waals surface area contributed by atoms with Crippen molar-refractivity contribution in [1.82, 2.24) is 25.5 Å². The summed E-state index contributed by atoms with van der Waals surface area (Å²) in [5, 5.41) is 28.7. The molecule has 8 nitrogen and oxygen atoms in total. The minimum absolute atomic E-state index is 0.0727. The van der Waals surface area contributed by atoms with Gasteiger partial charge in [0.25, 0.3) is 0 Å². The van der Waals surface area contributed by atoms with Crippen LogP contribution < -0.4 is 10.6 Å². The van der Waals surface area contributed by atoms with Crippen LogP contribution in [0.3, 0.4) is 0 Å². The maximum atomic E-state index is 12.6. The molecule has 3 N–H and O–H groups in total. The fourth-order valence-electron chi connectivity index (χ4n) is 4.63. The normalized spacial score (nSPS) is 23.5. The number of tetrazole rings is 1. The SMILES string of the molecule is O=C(Nc1ccc(C[C@@H]2CC[C@H]([C@H](O)c3ccccc3)N2)cc1)C1CCn2nnnc21. The van der Waals surface area contributed by atoms with Gasteiger partial charge in [0, 0.05) is 24.3 Å². The van der Waals surface area contributed by atoms with Crippen LogP contribution in [0.1, 0.15) is 48.2 Å². The summed E-state index contributed by atoms with van der Waals surface area (Å²) in [6.07, 6.45) is 3.09. The number of benzene rings is 2. The molecule has 1 aromatic heterocycles. The van der Waals surface area contributed by atoms with Gasteiger partial charge in [0.1, 0.15) is 5.92 Å². The molecule has 0 bridgehead atoms. The van der Waals surface area contributed by atoms with Gasteiger partial charge < -0.3 is 15.7 Å². The van der Waals surface area contributed by atoms with Gasteiger partial charge in [-0.1, -0.05) is 42.5 Å². The van der Waals surface area contributed by atoms with Gasteiger partial charge >= 0.3 is 0 Å². The van der Waals surface area contributed by atoms with Crippen molar-refractivity contribution >= 4 is 11.6 Å². The number of aliphatic hydroxyl groups is 1. The fraction of sp³-hybridized carbons (Fsp3) is 0.391. The number of hydrogen-bond acceptors (Lipinski definition) is 6. The maximum Gasteiger partial charge on any atom is 0.235 e. The molecular formula is C23H26N6O2. The van der Waals surface area contributed by atoms with Crippen molar-refractivity contribution in [3.8, 4) is 0 Å². The number of aromatic nitrogens is 4. The zero-order valence-corrected chi connectivity index (χ0v) is 17.2. The van der Waals surface area contributed by atoms with Crippen LogP contribution >= 0.6 is 0 Å². The van der Waals surface area contributed by atoms with E-state index in [1.165, 1.54) is 5.56 Å². The van der Waals surface area contributed by atoms with E-state index in [1.807, 2.05) is 42.5 Å². The Balaban J connectivity index is 1.15. The molecule has 1 saturated heterocycles. The molecule has 1 amide bonds. The highest BCUT2D eigenvalue weighted by atomic mass is 16.3. The van der Waals surface area contributed by atoms with E-state index in [1.54, 1.807) is 4.68 Å². The number of rotatable bonds is 6. The molecule has 1 fully saturated rings. The van der Waals surface area contributed by atoms with Crippen LogP contribution in [0.2, 0.25) is 0 Å². The zero-order chi connectivity index (χ0) is 21.2. The Labute approximate surface area is 180 Å². The van der Waals surface area contributed by atoms with E-state index >= 15 is 0 Å². The van der Waals surface area contributed by atoms with Crippen molar-refractivity contribution in [2.45, 2.75) is 56.3 Å². The topological polar surface area (TPSA) is 105 Å². The standard InChI is InChI=1S/C23H26N6O2/c30-21(16-4-2-1-3-5-16)20-11-10-18(24-20)14-15-6-8-17(9-7-15)25-23(31)19-12-13-29-22(19)26-27-28-29/h1-9,18-21,24,30H,10-14H2,(H,25,31)/t18-,19?,20+,21+/m0/s1. The highest BCUT2D eigenvalue weighted by Gasteiger charge is 2.32. The van der Waals surface area contributed by atoms with E-state index in [4.69, 9.17) is 0 Å². The predicted molar refractivity (Wildman–Crippen MR) is 115 cm³/mol. The van der Waals surface area contributed by atoms with Gasteiger partial charge in [-0.3, -0.25) is 4.79 Å². The lowest BCUT2D eigenvalue weighted by atomic mass is 10.0. The summed E-state index contributed by atoms with van der Waals surface area (Å²) in [6, 6.07) is 18.2. The molecule has 0 aliphatic carbocycles. The first-order valence-corrected chi connectivity index (χ1v) is 10.8. The lowest BCUT2D eigenvalue weighted by Crippen LogP contribution is -2.35. The van der Waals surface area contributed by atoms with Gasteiger partial charge in [0.15, 0.2) is 5.82 Å². The van der Waals surface area contributed by atoms with Crippen molar-refractivity contribution < 1.29 is 9.90 Å². The van der Waals surface area contributed by atoms with Gasteiger partial charge in [0.05, 0.1) is 6.10 Å². The number of amides is 1. The molecule has 0 spiro atoms. The number of nitrogens with zero attached hydrogens (tertiary/aromatic N) is 4. The summed E-state index contributed by atoms with van der Waals surface area (Å²) in [5.41, 5.74) is 2.93. The van der Waals surface area contributed by atoms with Crippen LogP contribution in [-0.2, 0) is 17.8 Å². The minimum Gasteiger partial charge on any atom is -0.387 e. The van der Waals surface area contributed by atoms with Crippen molar-refractivity contribution in [1.29, 1.82) is 0 Å². The predicted octanol–water partition coefficient (Wildman–Crippen LogP) is 2.20. The molecule has 160 valence electrons. The fourth-order valence-corrected chi connectivity index (χ4v) is 4.63. The van der Waals surface area contributed by atoms with E-state index in [9.17, 15) is 9.90 Å². The van der Waals surface area contributed by atoms with E-state index < -0.39 is 6.10 Å². The third-order valence-electron chi connectivity index (χ3n) is 6.32. The van der Waals surface area contributed by atoms with Gasteiger partial charge in [-0.25, -0.2) is 4.68 Å². The maximum absolute atomic E-state index is 12.6. The average Bonchev–Trinajstić information content (AvgIpc) is 3.52. The number of aryl methyl sites for hydroxylation is 1. The van der Waals surface area contributed by atoms with Crippen molar-refractivity contribution in [3.63, 3.8) is 0 Å². The Morgan fingerprint density at radius 1 is 1.13 bits per heavy atom. The van der Waals surface area contributed by atoms with Crippen molar-refractivity contribution in [2.24, 2.45) is 0 Å². The molecular weight excluding hydrogens is 392 g/mol. The van der Waals surface area contributed by atoms with Gasteiger partial charge in [-0.15, -0.1) is 5.10 Å². The lowest BCUT2D eigenvalue weighted by molar-refractivity contribution is -0.117. The zero-order valence-electron chi connectivity index (χ0n) is 17.2. The van der Waals surface area contributed by atoms with Crippen LogP contribution in [0.15, 0.2) is 54.6 Å². The Bertz CT molecular complexity index is 1040. The molecule has 3 heterocycles. The second kappa shape index (κ2) is 8.56. The third kappa shape index (κ3) is 4.22. The molecule has 0 radical (unpaired) electrons. The molecule has 3 aromatic rings. The number of carbonyl (C=O) groups excluding carboxylic acids is 1. The quantitative estimate of drug-likeness (QED) is 0.567. The first-order valence-electron chi connectivity index (χ1n) is 10.8. The number of fused-ring (bicyclic) bond motifs is 1. The highest BCUT2D eigenvalue weighted by Crippen LogP contribution is 2.28. The van der Waals surface area contributed by atoms with Crippen LogP contribution in [0.4, 0.5) is 5.69 Å². The molecule has 0 saturated carbocycles. The van der Waals surface area contributed by atoms with Gasteiger partial charge in [-0.2, -0.15) is 0 Å². The summed E-state index contributed by atoms with van der Waals surface area (Å²) >= 11 is 0. The number of carbonyl (C=O) groups is 1. The van der Waals surface area contributed by atoms with Gasteiger partial charge in [0.2, 0.25) is 5.91 Å². The Morgan fingerprint density at radius 3 is 2.74 bits per heavy atom. The van der Waals surface area contributed by atoms with E-state index in [0.717, 1.165) is 30.5 Å². The summed E-state index contributed by atoms with van der Waals surface area (Å²) in [7, 11) is 0. The highest BCUT2D eigenvalue weighted by molar-refractivity contribution is 5.95. The van der Waals surface area contributed by atoms with E-state index in [0.29, 0.717) is 24.8 Å². The third-order valence-corrected chi connectivity index (χ3v) is 6.32. The van der Waals surface area contributed by atoms with E-state index in [2.05, 4.69) is 38.3 Å². The van der Waals surface area contributed by atoms with Crippen molar-refractivity contribution in [3.05, 3.63) is 71.5 Å². The number of hydrogen-bond donors (Lipinski definition) is 3. The molecule has 2 aromatic carbocycles. The van der Waals surface area contributed by atoms with Gasteiger partial charge in [-0.05, 0) is 59.4 Å². The lowest BCUT2D eigenvalue weighted by Gasteiger charge is -2.20. The molecule has 2 aliphatic rings. The summed E-state index contributed by atoms with van der Waals surface area (Å²) < 4.78 is 1.68. The van der Waals surface area contributed by atoms with Crippen LogP contribution in [-0.4, -0.2) is 43.3 Å². The summed E-state index contributed by atoms with van der Waals surface area (Å²) in [5.74, 6) is 0.260. The molecule has 8 heteroatoms. The molecule has 31 heavy (non-hydrogen) atoms. The second-order valence-electron chi connectivity index (χ2n) is 8.39. The Hall–Kier alpha value is -3.10. The van der Waals surface area contributed by atoms with E-state index in [-0.39, 0.29) is 17.9 Å². The second-order valence-corrected chi connectivity index (χ2v) is 8.39. The summed E-state index contributed by atoms with van der Waals surface area (Å²) in [6.45, 7) is 0.674. The summed E-state index contributed by atoms with van der Waals surface area (Å²) in [4.78, 5) is 12.6. The van der Waals surface area contributed by atoms with Crippen molar-refractivity contribution in [2.75, 3.05) is 5.32 Å². The molecule has 2 aliphatic heterocycles. The Morgan fingerprint density at radius 2 is 1.94 bits per heavy atom. The molecule has 4 atom stereocenters. The van der Waals surface area contributed by atoms with Crippen LogP contribution in [0.5, 0.6) is 0 Å².